The number of hydrogen-bond acceptors (Lipinski definition) is 3. The van der Waals surface area contributed by atoms with Crippen molar-refractivity contribution in [2.24, 2.45) is 5.84 Å². The first kappa shape index (κ1) is 12.4. The predicted octanol–water partition coefficient (Wildman–Crippen LogP) is 2.04. The number of benzene rings is 1. The standard InChI is InChI=1S/C12H16F2N2O/c13-8-4-5-10(14)9(7-8)12(16-15)11-3-1-2-6-17-11/h4-5,7,11-12,16H,1-3,6,15H2. The SMILES string of the molecule is NNC(c1cc(F)ccc1F)C1CCCCO1. The lowest BCUT2D eigenvalue weighted by atomic mass is 9.96. The zero-order valence-electron chi connectivity index (χ0n) is 9.46. The maximum Gasteiger partial charge on any atom is 0.128 e. The van der Waals surface area contributed by atoms with Crippen LogP contribution in [-0.2, 0) is 4.74 Å². The molecule has 3 nitrogen and oxygen atoms in total. The van der Waals surface area contributed by atoms with Crippen molar-refractivity contribution in [1.82, 2.24) is 5.43 Å². The van der Waals surface area contributed by atoms with E-state index in [4.69, 9.17) is 10.6 Å². The average molecular weight is 242 g/mol. The number of hydrogen-bond donors (Lipinski definition) is 2. The second-order valence-electron chi connectivity index (χ2n) is 4.22. The van der Waals surface area contributed by atoms with Crippen molar-refractivity contribution in [3.63, 3.8) is 0 Å². The number of hydrazine groups is 1. The molecule has 0 aromatic heterocycles. The summed E-state index contributed by atoms with van der Waals surface area (Å²) < 4.78 is 32.3. The molecule has 0 spiro atoms. The fraction of sp³-hybridized carbons (Fsp3) is 0.500. The normalized spacial score (nSPS) is 22.4. The Kier molecular flexibility index (Phi) is 4.04. The van der Waals surface area contributed by atoms with E-state index in [1.165, 1.54) is 0 Å². The van der Waals surface area contributed by atoms with Gasteiger partial charge in [0.15, 0.2) is 0 Å². The number of rotatable bonds is 3. The van der Waals surface area contributed by atoms with E-state index in [1.807, 2.05) is 0 Å². The van der Waals surface area contributed by atoms with E-state index in [0.717, 1.165) is 37.5 Å². The summed E-state index contributed by atoms with van der Waals surface area (Å²) in [5.41, 5.74) is 2.75. The molecule has 94 valence electrons. The van der Waals surface area contributed by atoms with Crippen LogP contribution in [0.1, 0.15) is 30.9 Å². The summed E-state index contributed by atoms with van der Waals surface area (Å²) in [5, 5.41) is 0. The highest BCUT2D eigenvalue weighted by atomic mass is 19.1. The summed E-state index contributed by atoms with van der Waals surface area (Å²) in [5.74, 6) is 4.49. The molecule has 17 heavy (non-hydrogen) atoms. The Balaban J connectivity index is 2.24. The molecule has 5 heteroatoms. The van der Waals surface area contributed by atoms with Crippen molar-refractivity contribution in [3.8, 4) is 0 Å². The van der Waals surface area contributed by atoms with E-state index >= 15 is 0 Å². The van der Waals surface area contributed by atoms with Crippen LogP contribution in [0, 0.1) is 11.6 Å². The molecule has 2 unspecified atom stereocenters. The van der Waals surface area contributed by atoms with Crippen molar-refractivity contribution < 1.29 is 13.5 Å². The average Bonchev–Trinajstić information content (AvgIpc) is 2.36. The van der Waals surface area contributed by atoms with Crippen LogP contribution in [0.5, 0.6) is 0 Å². The quantitative estimate of drug-likeness (QED) is 0.630. The lowest BCUT2D eigenvalue weighted by Crippen LogP contribution is -2.40. The van der Waals surface area contributed by atoms with Gasteiger partial charge in [0.2, 0.25) is 0 Å². The Morgan fingerprint density at radius 1 is 1.35 bits per heavy atom. The maximum absolute atomic E-state index is 13.6. The Hall–Kier alpha value is -1.04. The molecule has 0 radical (unpaired) electrons. The highest BCUT2D eigenvalue weighted by molar-refractivity contribution is 5.23. The summed E-state index contributed by atoms with van der Waals surface area (Å²) >= 11 is 0. The van der Waals surface area contributed by atoms with Gasteiger partial charge in [-0.1, -0.05) is 0 Å². The Morgan fingerprint density at radius 2 is 2.18 bits per heavy atom. The molecule has 0 aliphatic carbocycles. The Labute approximate surface area is 98.9 Å². The van der Waals surface area contributed by atoms with Crippen LogP contribution in [-0.4, -0.2) is 12.7 Å². The van der Waals surface area contributed by atoms with Crippen LogP contribution >= 0.6 is 0 Å². The number of halogens is 2. The Bertz CT molecular complexity index is 381. The first-order valence-corrected chi connectivity index (χ1v) is 5.75. The van der Waals surface area contributed by atoms with Gasteiger partial charge in [0.1, 0.15) is 11.6 Å². The molecular formula is C12H16F2N2O. The molecule has 1 aromatic carbocycles. The molecule has 1 heterocycles. The van der Waals surface area contributed by atoms with Gasteiger partial charge >= 0.3 is 0 Å². The summed E-state index contributed by atoms with van der Waals surface area (Å²) in [4.78, 5) is 0. The van der Waals surface area contributed by atoms with Gasteiger partial charge in [-0.05, 0) is 37.5 Å². The topological polar surface area (TPSA) is 47.3 Å². The van der Waals surface area contributed by atoms with E-state index in [9.17, 15) is 8.78 Å². The number of nitrogens with two attached hydrogens (primary N) is 1. The van der Waals surface area contributed by atoms with Gasteiger partial charge in [-0.3, -0.25) is 11.3 Å². The lowest BCUT2D eigenvalue weighted by Gasteiger charge is -2.30. The minimum absolute atomic E-state index is 0.204. The second-order valence-corrected chi connectivity index (χ2v) is 4.22. The molecule has 3 N–H and O–H groups in total. The molecule has 1 aliphatic heterocycles. The molecule has 0 amide bonds. The zero-order chi connectivity index (χ0) is 12.3. The van der Waals surface area contributed by atoms with Crippen LogP contribution in [0.2, 0.25) is 0 Å². The van der Waals surface area contributed by atoms with Gasteiger partial charge in [-0.15, -0.1) is 0 Å². The second kappa shape index (κ2) is 5.53. The van der Waals surface area contributed by atoms with Crippen molar-refractivity contribution in [2.45, 2.75) is 31.4 Å². The van der Waals surface area contributed by atoms with Gasteiger partial charge in [-0.25, -0.2) is 8.78 Å². The van der Waals surface area contributed by atoms with Crippen LogP contribution in [0.25, 0.3) is 0 Å². The van der Waals surface area contributed by atoms with Gasteiger partial charge in [-0.2, -0.15) is 0 Å². The molecule has 0 bridgehead atoms. The van der Waals surface area contributed by atoms with Crippen molar-refractivity contribution in [3.05, 3.63) is 35.4 Å². The number of nitrogens with one attached hydrogen (secondary N) is 1. The third kappa shape index (κ3) is 2.80. The lowest BCUT2D eigenvalue weighted by molar-refractivity contribution is -0.00898. The van der Waals surface area contributed by atoms with Crippen molar-refractivity contribution >= 4 is 0 Å². The molecule has 1 saturated heterocycles. The van der Waals surface area contributed by atoms with E-state index in [2.05, 4.69) is 5.43 Å². The van der Waals surface area contributed by atoms with Crippen LogP contribution in [0.3, 0.4) is 0 Å². The summed E-state index contributed by atoms with van der Waals surface area (Å²) in [7, 11) is 0. The first-order chi connectivity index (χ1) is 8.22. The zero-order valence-corrected chi connectivity index (χ0v) is 9.46. The van der Waals surface area contributed by atoms with Crippen LogP contribution in [0.15, 0.2) is 18.2 Å². The minimum Gasteiger partial charge on any atom is -0.376 e. The predicted molar refractivity (Wildman–Crippen MR) is 60.0 cm³/mol. The van der Waals surface area contributed by atoms with Gasteiger partial charge in [0, 0.05) is 12.2 Å². The summed E-state index contributed by atoms with van der Waals surface area (Å²) in [6.45, 7) is 0.639. The van der Waals surface area contributed by atoms with E-state index < -0.39 is 17.7 Å². The largest absolute Gasteiger partial charge is 0.376 e. The molecule has 0 saturated carbocycles. The molecule has 2 atom stereocenters. The molecule has 2 rings (SSSR count). The summed E-state index contributed by atoms with van der Waals surface area (Å²) in [6, 6.07) is 2.86. The van der Waals surface area contributed by atoms with Crippen molar-refractivity contribution in [2.75, 3.05) is 6.61 Å². The van der Waals surface area contributed by atoms with E-state index in [1.54, 1.807) is 0 Å². The van der Waals surface area contributed by atoms with Crippen LogP contribution in [0.4, 0.5) is 8.78 Å². The molecule has 1 fully saturated rings. The van der Waals surface area contributed by atoms with Gasteiger partial charge in [0.25, 0.3) is 0 Å². The van der Waals surface area contributed by atoms with Gasteiger partial charge in [0.05, 0.1) is 12.1 Å². The summed E-state index contributed by atoms with van der Waals surface area (Å²) in [6.07, 6.45) is 2.61. The van der Waals surface area contributed by atoms with Gasteiger partial charge < -0.3 is 4.74 Å². The fourth-order valence-electron chi connectivity index (χ4n) is 2.18. The monoisotopic (exact) mass is 242 g/mol. The first-order valence-electron chi connectivity index (χ1n) is 5.75. The van der Waals surface area contributed by atoms with E-state index in [0.29, 0.717) is 6.61 Å². The molecule has 1 aliphatic rings. The fourth-order valence-corrected chi connectivity index (χ4v) is 2.18. The Morgan fingerprint density at radius 3 is 2.82 bits per heavy atom. The third-order valence-electron chi connectivity index (χ3n) is 3.06. The molecule has 1 aromatic rings. The maximum atomic E-state index is 13.6. The van der Waals surface area contributed by atoms with E-state index in [-0.39, 0.29) is 11.7 Å². The highest BCUT2D eigenvalue weighted by Gasteiger charge is 2.27. The highest BCUT2D eigenvalue weighted by Crippen LogP contribution is 2.27. The minimum atomic E-state index is -0.508. The molecular weight excluding hydrogens is 226 g/mol. The number of ether oxygens (including phenoxy) is 1. The van der Waals surface area contributed by atoms with Crippen LogP contribution < -0.4 is 11.3 Å². The third-order valence-corrected chi connectivity index (χ3v) is 3.06. The van der Waals surface area contributed by atoms with Crippen molar-refractivity contribution in [1.29, 1.82) is 0 Å². The smallest absolute Gasteiger partial charge is 0.128 e.